The molecule has 2 saturated carbocycles. The molecular formula is C17H25N5O. The molecular weight excluding hydrogens is 290 g/mol. The number of carbonyl (C=O) groups excluding carboxylic acids is 1. The van der Waals surface area contributed by atoms with Gasteiger partial charge in [0.15, 0.2) is 0 Å². The number of carbonyl (C=O) groups is 1. The quantitative estimate of drug-likeness (QED) is 0.841. The van der Waals surface area contributed by atoms with Crippen molar-refractivity contribution in [3.05, 3.63) is 18.5 Å². The van der Waals surface area contributed by atoms with Crippen LogP contribution in [0.1, 0.15) is 38.5 Å². The van der Waals surface area contributed by atoms with Crippen LogP contribution in [0.2, 0.25) is 0 Å². The van der Waals surface area contributed by atoms with Crippen molar-refractivity contribution in [1.29, 1.82) is 0 Å². The molecule has 0 aromatic carbocycles. The number of hydrogen-bond donors (Lipinski definition) is 1. The Morgan fingerprint density at radius 1 is 1.17 bits per heavy atom. The molecule has 1 N–H and O–H groups in total. The molecule has 3 atom stereocenters. The SMILES string of the molecule is O=C(NC[C@@H]1C[C@H]2C=C[C@@H]1C2)C1CCC(Cn2cnnn2)CC1. The highest BCUT2D eigenvalue weighted by Gasteiger charge is 2.36. The maximum atomic E-state index is 12.4. The van der Waals surface area contributed by atoms with Crippen LogP contribution in [0.4, 0.5) is 0 Å². The van der Waals surface area contributed by atoms with Gasteiger partial charge in [0, 0.05) is 19.0 Å². The molecule has 3 aliphatic rings. The molecule has 2 fully saturated rings. The molecule has 4 rings (SSSR count). The van der Waals surface area contributed by atoms with Crippen molar-refractivity contribution in [1.82, 2.24) is 25.5 Å². The summed E-state index contributed by atoms with van der Waals surface area (Å²) >= 11 is 0. The molecule has 1 aromatic rings. The summed E-state index contributed by atoms with van der Waals surface area (Å²) < 4.78 is 1.80. The van der Waals surface area contributed by atoms with Gasteiger partial charge in [-0.1, -0.05) is 12.2 Å². The van der Waals surface area contributed by atoms with E-state index in [2.05, 4.69) is 33.0 Å². The van der Waals surface area contributed by atoms with Gasteiger partial charge in [0.1, 0.15) is 6.33 Å². The highest BCUT2D eigenvalue weighted by Crippen LogP contribution is 2.43. The van der Waals surface area contributed by atoms with E-state index >= 15 is 0 Å². The van der Waals surface area contributed by atoms with Gasteiger partial charge >= 0.3 is 0 Å². The molecule has 0 aliphatic heterocycles. The van der Waals surface area contributed by atoms with Crippen LogP contribution >= 0.6 is 0 Å². The normalized spacial score (nSPS) is 35.6. The van der Waals surface area contributed by atoms with E-state index in [0.717, 1.165) is 44.7 Å². The van der Waals surface area contributed by atoms with Gasteiger partial charge in [-0.3, -0.25) is 4.79 Å². The molecule has 1 aromatic heterocycles. The van der Waals surface area contributed by atoms with Gasteiger partial charge in [-0.15, -0.1) is 5.10 Å². The fourth-order valence-corrected chi connectivity index (χ4v) is 4.64. The zero-order chi connectivity index (χ0) is 15.6. The average Bonchev–Trinajstić information content (AvgIpc) is 3.31. The maximum absolute atomic E-state index is 12.4. The smallest absolute Gasteiger partial charge is 0.223 e. The maximum Gasteiger partial charge on any atom is 0.223 e. The molecule has 0 unspecified atom stereocenters. The van der Waals surface area contributed by atoms with E-state index in [1.807, 2.05) is 0 Å². The molecule has 3 aliphatic carbocycles. The minimum Gasteiger partial charge on any atom is -0.356 e. The van der Waals surface area contributed by atoms with E-state index in [-0.39, 0.29) is 11.8 Å². The Bertz CT molecular complexity index is 562. The molecule has 0 spiro atoms. The third-order valence-electron chi connectivity index (χ3n) is 6.01. The lowest BCUT2D eigenvalue weighted by Crippen LogP contribution is -2.37. The molecule has 0 radical (unpaired) electrons. The van der Waals surface area contributed by atoms with Gasteiger partial charge in [0.05, 0.1) is 0 Å². The van der Waals surface area contributed by atoms with E-state index in [9.17, 15) is 4.79 Å². The van der Waals surface area contributed by atoms with E-state index < -0.39 is 0 Å². The number of rotatable bonds is 5. The van der Waals surface area contributed by atoms with E-state index in [0.29, 0.717) is 17.8 Å². The fourth-order valence-electron chi connectivity index (χ4n) is 4.64. The summed E-state index contributed by atoms with van der Waals surface area (Å²) in [6.45, 7) is 1.74. The Kier molecular flexibility index (Phi) is 4.14. The standard InChI is InChI=1S/C17H25N5O/c23-17(18-9-16-8-13-3-6-15(16)7-13)14-4-1-12(2-5-14)10-22-11-19-20-21-22/h3,6,11-16H,1-2,4-5,7-10H2,(H,18,23)/t12?,13-,14?,15+,16-/m0/s1. The first-order valence-corrected chi connectivity index (χ1v) is 8.94. The monoisotopic (exact) mass is 315 g/mol. The van der Waals surface area contributed by atoms with Crippen LogP contribution in [-0.2, 0) is 11.3 Å². The van der Waals surface area contributed by atoms with Crippen molar-refractivity contribution in [3.8, 4) is 0 Å². The Morgan fingerprint density at radius 3 is 2.70 bits per heavy atom. The highest BCUT2D eigenvalue weighted by molar-refractivity contribution is 5.78. The lowest BCUT2D eigenvalue weighted by Gasteiger charge is -2.28. The number of nitrogens with zero attached hydrogens (tertiary/aromatic N) is 4. The predicted octanol–water partition coefficient (Wildman–Crippen LogP) is 1.81. The number of tetrazole rings is 1. The van der Waals surface area contributed by atoms with E-state index in [4.69, 9.17) is 0 Å². The Morgan fingerprint density at radius 2 is 2.04 bits per heavy atom. The largest absolute Gasteiger partial charge is 0.356 e. The zero-order valence-electron chi connectivity index (χ0n) is 13.5. The van der Waals surface area contributed by atoms with Crippen molar-refractivity contribution >= 4 is 5.91 Å². The first-order chi connectivity index (χ1) is 11.3. The van der Waals surface area contributed by atoms with Crippen LogP contribution in [0.5, 0.6) is 0 Å². The lowest BCUT2D eigenvalue weighted by molar-refractivity contribution is -0.126. The van der Waals surface area contributed by atoms with Gasteiger partial charge in [-0.05, 0) is 72.6 Å². The molecule has 124 valence electrons. The average molecular weight is 315 g/mol. The van der Waals surface area contributed by atoms with Crippen LogP contribution in [-0.4, -0.2) is 32.7 Å². The number of fused-ring (bicyclic) bond motifs is 2. The second-order valence-corrected chi connectivity index (χ2v) is 7.53. The van der Waals surface area contributed by atoms with Crippen molar-refractivity contribution in [2.24, 2.45) is 29.6 Å². The first kappa shape index (κ1) is 14.8. The summed E-state index contributed by atoms with van der Waals surface area (Å²) in [5.74, 6) is 3.24. The highest BCUT2D eigenvalue weighted by atomic mass is 16.1. The molecule has 2 bridgehead atoms. The summed E-state index contributed by atoms with van der Waals surface area (Å²) in [6, 6.07) is 0. The van der Waals surface area contributed by atoms with E-state index in [1.165, 1.54) is 12.8 Å². The summed E-state index contributed by atoms with van der Waals surface area (Å²) in [4.78, 5) is 12.4. The second kappa shape index (κ2) is 6.42. The first-order valence-electron chi connectivity index (χ1n) is 8.94. The molecule has 23 heavy (non-hydrogen) atoms. The van der Waals surface area contributed by atoms with E-state index in [1.54, 1.807) is 11.0 Å². The van der Waals surface area contributed by atoms with Crippen LogP contribution in [0, 0.1) is 29.6 Å². The van der Waals surface area contributed by atoms with Crippen LogP contribution in [0.25, 0.3) is 0 Å². The molecule has 6 nitrogen and oxygen atoms in total. The summed E-state index contributed by atoms with van der Waals surface area (Å²) in [7, 11) is 0. The topological polar surface area (TPSA) is 72.7 Å². The van der Waals surface area contributed by atoms with Crippen LogP contribution in [0.3, 0.4) is 0 Å². The van der Waals surface area contributed by atoms with Gasteiger partial charge in [0.2, 0.25) is 5.91 Å². The van der Waals surface area contributed by atoms with Crippen molar-refractivity contribution in [2.75, 3.05) is 6.54 Å². The van der Waals surface area contributed by atoms with Gasteiger partial charge in [-0.2, -0.15) is 0 Å². The predicted molar refractivity (Wildman–Crippen MR) is 85.1 cm³/mol. The molecule has 6 heteroatoms. The number of allylic oxidation sites excluding steroid dienone is 2. The number of amides is 1. The van der Waals surface area contributed by atoms with Crippen molar-refractivity contribution < 1.29 is 4.79 Å². The molecule has 1 amide bonds. The third-order valence-corrected chi connectivity index (χ3v) is 6.01. The minimum absolute atomic E-state index is 0.203. The zero-order valence-corrected chi connectivity index (χ0v) is 13.5. The Labute approximate surface area is 136 Å². The Hall–Kier alpha value is -1.72. The number of hydrogen-bond acceptors (Lipinski definition) is 4. The van der Waals surface area contributed by atoms with Crippen LogP contribution < -0.4 is 5.32 Å². The molecule has 0 saturated heterocycles. The number of aromatic nitrogens is 4. The summed E-state index contributed by atoms with van der Waals surface area (Å²) in [5.41, 5.74) is 0. The number of nitrogens with one attached hydrogen (secondary N) is 1. The third kappa shape index (κ3) is 3.31. The van der Waals surface area contributed by atoms with Crippen molar-refractivity contribution in [3.63, 3.8) is 0 Å². The molecule has 1 heterocycles. The van der Waals surface area contributed by atoms with Crippen LogP contribution in [0.15, 0.2) is 18.5 Å². The van der Waals surface area contributed by atoms with Gasteiger partial charge < -0.3 is 5.32 Å². The fraction of sp³-hybridized carbons (Fsp3) is 0.765. The lowest BCUT2D eigenvalue weighted by atomic mass is 9.81. The van der Waals surface area contributed by atoms with Crippen molar-refractivity contribution in [2.45, 2.75) is 45.1 Å². The summed E-state index contributed by atoms with van der Waals surface area (Å²) in [6.07, 6.45) is 13.1. The summed E-state index contributed by atoms with van der Waals surface area (Å²) in [5, 5.41) is 14.5. The van der Waals surface area contributed by atoms with Gasteiger partial charge in [0.25, 0.3) is 0 Å². The Balaban J connectivity index is 1.19. The minimum atomic E-state index is 0.203. The van der Waals surface area contributed by atoms with Gasteiger partial charge in [-0.25, -0.2) is 4.68 Å². The second-order valence-electron chi connectivity index (χ2n) is 7.53.